The van der Waals surface area contributed by atoms with E-state index in [4.69, 9.17) is 5.11 Å². The summed E-state index contributed by atoms with van der Waals surface area (Å²) < 4.78 is 4.66. The van der Waals surface area contributed by atoms with Gasteiger partial charge in [-0.2, -0.15) is 0 Å². The quantitative estimate of drug-likeness (QED) is 0.586. The highest BCUT2D eigenvalue weighted by molar-refractivity contribution is 5.99. The van der Waals surface area contributed by atoms with Crippen molar-refractivity contribution in [1.82, 2.24) is 5.32 Å². The second-order valence-corrected chi connectivity index (χ2v) is 4.00. The SMILES string of the molecule is COC(CNC(=O)c1c(C)cccc1[N+](=O)[O-])C(=O)O. The van der Waals surface area contributed by atoms with Gasteiger partial charge in [0.1, 0.15) is 5.56 Å². The zero-order valence-electron chi connectivity index (χ0n) is 11.0. The molecule has 0 saturated carbocycles. The lowest BCUT2D eigenvalue weighted by Crippen LogP contribution is -2.38. The zero-order valence-corrected chi connectivity index (χ0v) is 11.0. The molecule has 108 valence electrons. The van der Waals surface area contributed by atoms with Crippen molar-refractivity contribution in [2.75, 3.05) is 13.7 Å². The van der Waals surface area contributed by atoms with Crippen LogP contribution in [0.5, 0.6) is 0 Å². The second-order valence-electron chi connectivity index (χ2n) is 4.00. The number of carboxylic acid groups (broad SMARTS) is 1. The molecule has 0 heterocycles. The van der Waals surface area contributed by atoms with Crippen molar-refractivity contribution in [3.8, 4) is 0 Å². The molecular weight excluding hydrogens is 268 g/mol. The molecule has 0 bridgehead atoms. The number of rotatable bonds is 6. The van der Waals surface area contributed by atoms with Crippen LogP contribution in [0.25, 0.3) is 0 Å². The zero-order chi connectivity index (χ0) is 15.3. The summed E-state index contributed by atoms with van der Waals surface area (Å²) in [5, 5.41) is 22.0. The van der Waals surface area contributed by atoms with Gasteiger partial charge in [-0.25, -0.2) is 4.79 Å². The number of nitrogens with zero attached hydrogens (tertiary/aromatic N) is 1. The second kappa shape index (κ2) is 6.62. The summed E-state index contributed by atoms with van der Waals surface area (Å²) >= 11 is 0. The molecule has 1 unspecified atom stereocenters. The summed E-state index contributed by atoms with van der Waals surface area (Å²) in [6.45, 7) is 1.28. The first kappa shape index (κ1) is 15.6. The van der Waals surface area contributed by atoms with E-state index < -0.39 is 22.9 Å². The van der Waals surface area contributed by atoms with Crippen LogP contribution in [0.1, 0.15) is 15.9 Å². The van der Waals surface area contributed by atoms with Gasteiger partial charge in [0.25, 0.3) is 11.6 Å². The van der Waals surface area contributed by atoms with Gasteiger partial charge in [-0.05, 0) is 12.5 Å². The van der Waals surface area contributed by atoms with E-state index >= 15 is 0 Å². The largest absolute Gasteiger partial charge is 0.479 e. The number of amides is 1. The molecule has 1 aromatic carbocycles. The molecule has 0 aliphatic carbocycles. The van der Waals surface area contributed by atoms with Gasteiger partial charge in [0, 0.05) is 13.2 Å². The number of carbonyl (C=O) groups is 2. The molecule has 1 rings (SSSR count). The van der Waals surface area contributed by atoms with Gasteiger partial charge >= 0.3 is 5.97 Å². The smallest absolute Gasteiger partial charge is 0.334 e. The summed E-state index contributed by atoms with van der Waals surface area (Å²) in [7, 11) is 1.20. The predicted octanol–water partition coefficient (Wildman–Crippen LogP) is 0.733. The van der Waals surface area contributed by atoms with Crippen LogP contribution in [0.4, 0.5) is 5.69 Å². The highest BCUT2D eigenvalue weighted by Crippen LogP contribution is 2.21. The van der Waals surface area contributed by atoms with Crippen molar-refractivity contribution < 1.29 is 24.4 Å². The van der Waals surface area contributed by atoms with Gasteiger partial charge in [0.2, 0.25) is 0 Å². The third kappa shape index (κ3) is 3.51. The average Bonchev–Trinajstić information content (AvgIpc) is 2.38. The van der Waals surface area contributed by atoms with Crippen LogP contribution in [0, 0.1) is 17.0 Å². The molecule has 0 saturated heterocycles. The van der Waals surface area contributed by atoms with E-state index in [0.717, 1.165) is 0 Å². The lowest BCUT2D eigenvalue weighted by molar-refractivity contribution is -0.385. The van der Waals surface area contributed by atoms with Crippen LogP contribution in [-0.4, -0.2) is 41.7 Å². The fourth-order valence-electron chi connectivity index (χ4n) is 1.65. The number of benzene rings is 1. The van der Waals surface area contributed by atoms with Gasteiger partial charge in [-0.15, -0.1) is 0 Å². The van der Waals surface area contributed by atoms with Gasteiger partial charge < -0.3 is 15.2 Å². The van der Waals surface area contributed by atoms with Crippen molar-refractivity contribution in [2.24, 2.45) is 0 Å². The van der Waals surface area contributed by atoms with Gasteiger partial charge in [-0.3, -0.25) is 14.9 Å². The molecule has 0 fully saturated rings. The lowest BCUT2D eigenvalue weighted by atomic mass is 10.1. The fourth-order valence-corrected chi connectivity index (χ4v) is 1.65. The molecular formula is C12H14N2O6. The van der Waals surface area contributed by atoms with E-state index in [1.807, 2.05) is 0 Å². The van der Waals surface area contributed by atoms with Crippen LogP contribution >= 0.6 is 0 Å². The van der Waals surface area contributed by atoms with Crippen LogP contribution in [0.15, 0.2) is 18.2 Å². The number of aliphatic carboxylic acids is 1. The van der Waals surface area contributed by atoms with Crippen molar-refractivity contribution in [3.05, 3.63) is 39.4 Å². The number of nitro benzene ring substituents is 1. The van der Waals surface area contributed by atoms with Crippen LogP contribution in [0.2, 0.25) is 0 Å². The Morgan fingerprint density at radius 2 is 2.15 bits per heavy atom. The topological polar surface area (TPSA) is 119 Å². The summed E-state index contributed by atoms with van der Waals surface area (Å²) in [4.78, 5) is 32.9. The van der Waals surface area contributed by atoms with Gasteiger partial charge in [0.15, 0.2) is 6.10 Å². The highest BCUT2D eigenvalue weighted by Gasteiger charge is 2.24. The molecule has 1 amide bonds. The Hall–Kier alpha value is -2.48. The predicted molar refractivity (Wildman–Crippen MR) is 68.6 cm³/mol. The summed E-state index contributed by atoms with van der Waals surface area (Å²) in [5.41, 5.74) is 0.0190. The summed E-state index contributed by atoms with van der Waals surface area (Å²) in [6, 6.07) is 4.25. The third-order valence-electron chi connectivity index (χ3n) is 2.68. The molecule has 2 N–H and O–H groups in total. The third-order valence-corrected chi connectivity index (χ3v) is 2.68. The Bertz CT molecular complexity index is 543. The Morgan fingerprint density at radius 3 is 2.65 bits per heavy atom. The number of aryl methyl sites for hydroxylation is 1. The molecule has 0 radical (unpaired) electrons. The van der Waals surface area contributed by atoms with E-state index in [0.29, 0.717) is 5.56 Å². The molecule has 1 atom stereocenters. The Kier molecular flexibility index (Phi) is 5.15. The normalized spacial score (nSPS) is 11.7. The highest BCUT2D eigenvalue weighted by atomic mass is 16.6. The number of carboxylic acids is 1. The molecule has 0 aromatic heterocycles. The van der Waals surface area contributed by atoms with Crippen LogP contribution in [0.3, 0.4) is 0 Å². The molecule has 0 spiro atoms. The van der Waals surface area contributed by atoms with Crippen molar-refractivity contribution in [3.63, 3.8) is 0 Å². The average molecular weight is 282 g/mol. The minimum atomic E-state index is -1.23. The molecule has 8 nitrogen and oxygen atoms in total. The minimum Gasteiger partial charge on any atom is -0.479 e. The van der Waals surface area contributed by atoms with E-state index in [1.54, 1.807) is 13.0 Å². The fraction of sp³-hybridized carbons (Fsp3) is 0.333. The Balaban J connectivity index is 2.93. The number of methoxy groups -OCH3 is 1. The lowest BCUT2D eigenvalue weighted by Gasteiger charge is -2.12. The number of carbonyl (C=O) groups excluding carboxylic acids is 1. The first-order chi connectivity index (χ1) is 9.38. The van der Waals surface area contributed by atoms with E-state index in [9.17, 15) is 19.7 Å². The van der Waals surface area contributed by atoms with Gasteiger partial charge in [0.05, 0.1) is 11.5 Å². The number of hydrogen-bond donors (Lipinski definition) is 2. The van der Waals surface area contributed by atoms with Crippen molar-refractivity contribution in [2.45, 2.75) is 13.0 Å². The number of hydrogen-bond acceptors (Lipinski definition) is 5. The molecule has 0 aliphatic rings. The van der Waals surface area contributed by atoms with Crippen LogP contribution < -0.4 is 5.32 Å². The van der Waals surface area contributed by atoms with E-state index in [-0.39, 0.29) is 17.8 Å². The summed E-state index contributed by atoms with van der Waals surface area (Å²) in [5.74, 6) is -1.94. The Morgan fingerprint density at radius 1 is 1.50 bits per heavy atom. The van der Waals surface area contributed by atoms with E-state index in [1.165, 1.54) is 19.2 Å². The first-order valence-corrected chi connectivity index (χ1v) is 5.66. The molecule has 20 heavy (non-hydrogen) atoms. The van der Waals surface area contributed by atoms with Crippen molar-refractivity contribution >= 4 is 17.6 Å². The van der Waals surface area contributed by atoms with E-state index in [2.05, 4.69) is 10.1 Å². The number of nitrogens with one attached hydrogen (secondary N) is 1. The van der Waals surface area contributed by atoms with Crippen LogP contribution in [-0.2, 0) is 9.53 Å². The maximum Gasteiger partial charge on any atom is 0.334 e. The monoisotopic (exact) mass is 282 g/mol. The van der Waals surface area contributed by atoms with Gasteiger partial charge in [-0.1, -0.05) is 12.1 Å². The maximum absolute atomic E-state index is 12.0. The molecule has 1 aromatic rings. The first-order valence-electron chi connectivity index (χ1n) is 5.66. The molecule has 8 heteroatoms. The molecule has 0 aliphatic heterocycles. The number of nitro groups is 1. The summed E-state index contributed by atoms with van der Waals surface area (Å²) in [6.07, 6.45) is -1.21. The van der Waals surface area contributed by atoms with Crippen molar-refractivity contribution in [1.29, 1.82) is 0 Å². The standard InChI is InChI=1S/C12H14N2O6/c1-7-4-3-5-8(14(18)19)10(7)11(15)13-6-9(20-2)12(16)17/h3-5,9H,6H2,1-2H3,(H,13,15)(H,16,17). The number of ether oxygens (including phenoxy) is 1. The Labute approximate surface area is 114 Å². The maximum atomic E-state index is 12.0. The minimum absolute atomic E-state index is 0.0854.